The summed E-state index contributed by atoms with van der Waals surface area (Å²) in [5.41, 5.74) is 8.22. The molecule has 2 heterocycles. The van der Waals surface area contributed by atoms with Crippen molar-refractivity contribution in [3.63, 3.8) is 0 Å². The highest BCUT2D eigenvalue weighted by atomic mass is 32.1. The van der Waals surface area contributed by atoms with E-state index >= 15 is 0 Å². The van der Waals surface area contributed by atoms with Crippen molar-refractivity contribution in [1.82, 2.24) is 9.99 Å². The molecule has 33 heavy (non-hydrogen) atoms. The molecule has 0 fully saturated rings. The van der Waals surface area contributed by atoms with E-state index in [0.717, 1.165) is 57.6 Å². The Bertz CT molecular complexity index is 1450. The average Bonchev–Trinajstić information content (AvgIpc) is 3.34. The first-order valence-electron chi connectivity index (χ1n) is 11.1. The summed E-state index contributed by atoms with van der Waals surface area (Å²) in [6.45, 7) is 4.07. The Morgan fingerprint density at radius 2 is 1.91 bits per heavy atom. The molecule has 0 aliphatic heterocycles. The standard InChI is InChI=1S/C27H24N4OS/c1-17-13-22(16-29-30-26(32)21-12-11-19-7-3-4-8-20(19)14-21)18(2)31(17)27-24(15-28)23-9-5-6-10-25(23)33-27/h3-4,7-8,11-14,16H,5-6,9-10H2,1-2H3,(H,30,32)/b29-16+. The number of nitrogens with one attached hydrogen (secondary N) is 1. The Hall–Kier alpha value is -3.69. The van der Waals surface area contributed by atoms with Crippen LogP contribution in [0.15, 0.2) is 53.6 Å². The summed E-state index contributed by atoms with van der Waals surface area (Å²) >= 11 is 1.73. The van der Waals surface area contributed by atoms with Gasteiger partial charge in [0.15, 0.2) is 0 Å². The quantitative estimate of drug-likeness (QED) is 0.313. The molecule has 5 rings (SSSR count). The second-order valence-corrected chi connectivity index (χ2v) is 9.51. The minimum absolute atomic E-state index is 0.247. The third-order valence-electron chi connectivity index (χ3n) is 6.32. The van der Waals surface area contributed by atoms with Crippen molar-refractivity contribution < 1.29 is 4.79 Å². The fourth-order valence-corrected chi connectivity index (χ4v) is 6.06. The normalized spacial score (nSPS) is 13.2. The fourth-order valence-electron chi connectivity index (χ4n) is 4.61. The van der Waals surface area contributed by atoms with Gasteiger partial charge in [-0.15, -0.1) is 11.3 Å². The van der Waals surface area contributed by atoms with Crippen LogP contribution in [-0.4, -0.2) is 16.7 Å². The molecule has 2 aromatic heterocycles. The molecule has 0 saturated heterocycles. The molecule has 0 atom stereocenters. The Balaban J connectivity index is 1.39. The van der Waals surface area contributed by atoms with Gasteiger partial charge in [0.2, 0.25) is 0 Å². The number of amides is 1. The van der Waals surface area contributed by atoms with E-state index in [9.17, 15) is 10.1 Å². The van der Waals surface area contributed by atoms with Gasteiger partial charge in [-0.05, 0) is 74.1 Å². The fraction of sp³-hybridized carbons (Fsp3) is 0.222. The number of carbonyl (C=O) groups excluding carboxylic acids is 1. The number of hydrogen-bond acceptors (Lipinski definition) is 4. The molecule has 5 nitrogen and oxygen atoms in total. The largest absolute Gasteiger partial charge is 0.308 e. The van der Waals surface area contributed by atoms with Crippen LogP contribution >= 0.6 is 11.3 Å². The zero-order valence-electron chi connectivity index (χ0n) is 18.7. The second kappa shape index (κ2) is 8.68. The second-order valence-electron chi connectivity index (χ2n) is 8.43. The molecule has 0 saturated carbocycles. The van der Waals surface area contributed by atoms with Crippen LogP contribution in [-0.2, 0) is 12.8 Å². The number of nitriles is 1. The first-order valence-corrected chi connectivity index (χ1v) is 11.9. The lowest BCUT2D eigenvalue weighted by Crippen LogP contribution is -2.17. The summed E-state index contributed by atoms with van der Waals surface area (Å²) in [4.78, 5) is 13.9. The maximum absolute atomic E-state index is 12.6. The van der Waals surface area contributed by atoms with Crippen LogP contribution in [0.2, 0.25) is 0 Å². The number of carbonyl (C=O) groups is 1. The molecule has 0 unspecified atom stereocenters. The van der Waals surface area contributed by atoms with Gasteiger partial charge in [0.25, 0.3) is 5.91 Å². The Morgan fingerprint density at radius 1 is 1.12 bits per heavy atom. The predicted octanol–water partition coefficient (Wildman–Crippen LogP) is 5.82. The molecule has 6 heteroatoms. The third-order valence-corrected chi connectivity index (χ3v) is 7.60. The lowest BCUT2D eigenvalue weighted by atomic mass is 9.96. The lowest BCUT2D eigenvalue weighted by Gasteiger charge is -2.10. The number of thiophene rings is 1. The molecule has 164 valence electrons. The minimum atomic E-state index is -0.247. The molecule has 0 radical (unpaired) electrons. The molecule has 0 spiro atoms. The van der Waals surface area contributed by atoms with Gasteiger partial charge in [-0.3, -0.25) is 4.79 Å². The van der Waals surface area contributed by atoms with Crippen LogP contribution in [0.5, 0.6) is 0 Å². The summed E-state index contributed by atoms with van der Waals surface area (Å²) < 4.78 is 2.15. The van der Waals surface area contributed by atoms with E-state index < -0.39 is 0 Å². The molecular weight excluding hydrogens is 428 g/mol. The van der Waals surface area contributed by atoms with Gasteiger partial charge >= 0.3 is 0 Å². The average molecular weight is 453 g/mol. The number of aryl methyl sites for hydroxylation is 2. The Morgan fingerprint density at radius 3 is 2.73 bits per heavy atom. The summed E-state index contributed by atoms with van der Waals surface area (Å²) in [6, 6.07) is 18.1. The summed E-state index contributed by atoms with van der Waals surface area (Å²) in [5.74, 6) is -0.247. The smallest absolute Gasteiger partial charge is 0.271 e. The number of rotatable bonds is 4. The topological polar surface area (TPSA) is 70.2 Å². The molecule has 1 amide bonds. The van der Waals surface area contributed by atoms with E-state index in [1.807, 2.05) is 56.3 Å². The highest BCUT2D eigenvalue weighted by Crippen LogP contribution is 2.38. The van der Waals surface area contributed by atoms with Crippen LogP contribution in [0.3, 0.4) is 0 Å². The van der Waals surface area contributed by atoms with Crippen molar-refractivity contribution in [3.8, 4) is 11.1 Å². The highest BCUT2D eigenvalue weighted by Gasteiger charge is 2.23. The predicted molar refractivity (Wildman–Crippen MR) is 133 cm³/mol. The van der Waals surface area contributed by atoms with Crippen LogP contribution in [0, 0.1) is 25.2 Å². The number of hydrogen-bond donors (Lipinski definition) is 1. The van der Waals surface area contributed by atoms with Gasteiger partial charge in [0.1, 0.15) is 11.1 Å². The van der Waals surface area contributed by atoms with E-state index in [4.69, 9.17) is 0 Å². The molecule has 1 N–H and O–H groups in total. The minimum Gasteiger partial charge on any atom is -0.308 e. The van der Waals surface area contributed by atoms with Gasteiger partial charge in [-0.1, -0.05) is 30.3 Å². The third kappa shape index (κ3) is 3.85. The van der Waals surface area contributed by atoms with Gasteiger partial charge in [0, 0.05) is 27.4 Å². The van der Waals surface area contributed by atoms with Crippen molar-refractivity contribution in [2.24, 2.45) is 5.10 Å². The van der Waals surface area contributed by atoms with Crippen LogP contribution < -0.4 is 5.43 Å². The molecule has 4 aromatic rings. The van der Waals surface area contributed by atoms with Crippen molar-refractivity contribution >= 4 is 34.2 Å². The van der Waals surface area contributed by atoms with E-state index in [1.165, 1.54) is 16.9 Å². The van der Waals surface area contributed by atoms with Gasteiger partial charge in [0.05, 0.1) is 11.8 Å². The Kier molecular flexibility index (Phi) is 5.57. The van der Waals surface area contributed by atoms with Crippen LogP contribution in [0.4, 0.5) is 0 Å². The summed E-state index contributed by atoms with van der Waals surface area (Å²) in [5, 5.41) is 17.2. The van der Waals surface area contributed by atoms with E-state index in [0.29, 0.717) is 5.56 Å². The molecule has 1 aliphatic carbocycles. The monoisotopic (exact) mass is 452 g/mol. The van der Waals surface area contributed by atoms with E-state index in [-0.39, 0.29) is 5.91 Å². The first-order chi connectivity index (χ1) is 16.1. The van der Waals surface area contributed by atoms with Crippen molar-refractivity contribution in [1.29, 1.82) is 5.26 Å². The summed E-state index contributed by atoms with van der Waals surface area (Å²) in [6.07, 6.45) is 6.07. The zero-order chi connectivity index (χ0) is 22.9. The number of hydrazone groups is 1. The van der Waals surface area contributed by atoms with E-state index in [1.54, 1.807) is 23.6 Å². The highest BCUT2D eigenvalue weighted by molar-refractivity contribution is 7.15. The van der Waals surface area contributed by atoms with Gasteiger partial charge in [-0.2, -0.15) is 10.4 Å². The first kappa shape index (κ1) is 21.2. The Labute approximate surface area is 197 Å². The zero-order valence-corrected chi connectivity index (χ0v) is 19.5. The number of benzene rings is 2. The lowest BCUT2D eigenvalue weighted by molar-refractivity contribution is 0.0955. The van der Waals surface area contributed by atoms with Crippen LogP contribution in [0.1, 0.15) is 56.2 Å². The van der Waals surface area contributed by atoms with Crippen molar-refractivity contribution in [2.75, 3.05) is 0 Å². The SMILES string of the molecule is Cc1cc(/C=N/NC(=O)c2ccc3ccccc3c2)c(C)n1-c1sc2c(c1C#N)CCCC2. The van der Waals surface area contributed by atoms with Crippen molar-refractivity contribution in [2.45, 2.75) is 39.5 Å². The molecule has 0 bridgehead atoms. The van der Waals surface area contributed by atoms with Gasteiger partial charge in [-0.25, -0.2) is 5.43 Å². The van der Waals surface area contributed by atoms with Crippen LogP contribution in [0.25, 0.3) is 15.8 Å². The number of fused-ring (bicyclic) bond motifs is 2. The number of nitrogens with zero attached hydrogens (tertiary/aromatic N) is 3. The van der Waals surface area contributed by atoms with Gasteiger partial charge < -0.3 is 4.57 Å². The molecule has 2 aromatic carbocycles. The maximum atomic E-state index is 12.6. The summed E-state index contributed by atoms with van der Waals surface area (Å²) in [7, 11) is 0. The maximum Gasteiger partial charge on any atom is 0.271 e. The van der Waals surface area contributed by atoms with Crippen molar-refractivity contribution in [3.05, 3.63) is 87.0 Å². The molecular formula is C27H24N4OS. The molecule has 1 aliphatic rings. The number of aromatic nitrogens is 1. The van der Waals surface area contributed by atoms with E-state index in [2.05, 4.69) is 21.2 Å².